The summed E-state index contributed by atoms with van der Waals surface area (Å²) >= 11 is 0. The predicted molar refractivity (Wildman–Crippen MR) is 58.4 cm³/mol. The molecule has 0 aromatic carbocycles. The lowest BCUT2D eigenvalue weighted by Crippen LogP contribution is -2.32. The minimum Gasteiger partial charge on any atom is -0.377 e. The fourth-order valence-electron chi connectivity index (χ4n) is 2.67. The molecule has 0 aromatic rings. The lowest BCUT2D eigenvalue weighted by atomic mass is 10.00. The van der Waals surface area contributed by atoms with Crippen LogP contribution in [0.4, 0.5) is 0 Å². The van der Waals surface area contributed by atoms with Gasteiger partial charge < -0.3 is 10.1 Å². The molecule has 2 aliphatic rings. The molecule has 0 amide bonds. The van der Waals surface area contributed by atoms with Crippen molar-refractivity contribution >= 4 is 0 Å². The van der Waals surface area contributed by atoms with E-state index in [0.717, 1.165) is 19.1 Å². The molecule has 2 nitrogen and oxygen atoms in total. The van der Waals surface area contributed by atoms with Gasteiger partial charge in [-0.05, 0) is 25.7 Å². The summed E-state index contributed by atoms with van der Waals surface area (Å²) in [6, 6.07) is 0.642. The molecule has 2 rings (SSSR count). The van der Waals surface area contributed by atoms with Crippen molar-refractivity contribution in [1.29, 1.82) is 0 Å². The summed E-state index contributed by atoms with van der Waals surface area (Å²) in [5, 5.41) is 3.54. The first-order valence-corrected chi connectivity index (χ1v) is 6.19. The number of rotatable bonds is 2. The molecule has 2 fully saturated rings. The van der Waals surface area contributed by atoms with Crippen molar-refractivity contribution in [3.63, 3.8) is 0 Å². The van der Waals surface area contributed by atoms with E-state index in [9.17, 15) is 0 Å². The summed E-state index contributed by atoms with van der Waals surface area (Å²) in [5.74, 6) is 0.954. The Bertz CT molecular complexity index is 166. The predicted octanol–water partition coefficient (Wildman–Crippen LogP) is 2.33. The van der Waals surface area contributed by atoms with Crippen molar-refractivity contribution in [2.75, 3.05) is 13.2 Å². The minimum absolute atomic E-state index is 0.489. The Hall–Kier alpha value is -0.0800. The Morgan fingerprint density at radius 2 is 2.00 bits per heavy atom. The van der Waals surface area contributed by atoms with E-state index in [1.54, 1.807) is 0 Å². The third-order valence-corrected chi connectivity index (χ3v) is 3.67. The maximum atomic E-state index is 5.87. The molecule has 0 spiro atoms. The zero-order chi connectivity index (χ0) is 9.80. The van der Waals surface area contributed by atoms with Crippen molar-refractivity contribution in [2.24, 2.45) is 5.92 Å². The van der Waals surface area contributed by atoms with E-state index in [-0.39, 0.29) is 0 Å². The standard InChI is InChI=1S/C12H23NO/c1-10-6-7-14-12(9-13-10)8-11-4-2-3-5-11/h10-13H,2-9H2,1H3. The van der Waals surface area contributed by atoms with Gasteiger partial charge in [-0.15, -0.1) is 0 Å². The maximum absolute atomic E-state index is 5.87. The first kappa shape index (κ1) is 10.4. The highest BCUT2D eigenvalue weighted by Crippen LogP contribution is 2.29. The van der Waals surface area contributed by atoms with Crippen LogP contribution in [-0.4, -0.2) is 25.3 Å². The van der Waals surface area contributed by atoms with Gasteiger partial charge in [0.25, 0.3) is 0 Å². The smallest absolute Gasteiger partial charge is 0.0702 e. The Morgan fingerprint density at radius 3 is 2.79 bits per heavy atom. The summed E-state index contributed by atoms with van der Waals surface area (Å²) < 4.78 is 5.87. The average Bonchev–Trinajstić information content (AvgIpc) is 2.58. The maximum Gasteiger partial charge on any atom is 0.0702 e. The summed E-state index contributed by atoms with van der Waals surface area (Å²) in [5.41, 5.74) is 0. The normalized spacial score (nSPS) is 35.8. The highest BCUT2D eigenvalue weighted by atomic mass is 16.5. The molecule has 82 valence electrons. The van der Waals surface area contributed by atoms with Gasteiger partial charge in [-0.2, -0.15) is 0 Å². The van der Waals surface area contributed by atoms with E-state index in [4.69, 9.17) is 4.74 Å². The number of hydrogen-bond donors (Lipinski definition) is 1. The minimum atomic E-state index is 0.489. The molecule has 14 heavy (non-hydrogen) atoms. The van der Waals surface area contributed by atoms with Gasteiger partial charge in [0.1, 0.15) is 0 Å². The molecule has 0 aromatic heterocycles. The van der Waals surface area contributed by atoms with Crippen LogP contribution in [0.2, 0.25) is 0 Å². The SMILES string of the molecule is CC1CCOC(CC2CCCC2)CN1. The second-order valence-corrected chi connectivity index (χ2v) is 4.98. The first-order chi connectivity index (χ1) is 6.84. The van der Waals surface area contributed by atoms with E-state index < -0.39 is 0 Å². The summed E-state index contributed by atoms with van der Waals surface area (Å²) in [6.07, 6.45) is 8.72. The molecule has 2 unspecified atom stereocenters. The van der Waals surface area contributed by atoms with Crippen LogP contribution in [0.3, 0.4) is 0 Å². The zero-order valence-corrected chi connectivity index (χ0v) is 9.30. The van der Waals surface area contributed by atoms with Crippen LogP contribution in [0.25, 0.3) is 0 Å². The number of ether oxygens (including phenoxy) is 1. The van der Waals surface area contributed by atoms with E-state index >= 15 is 0 Å². The molecular formula is C12H23NO. The third-order valence-electron chi connectivity index (χ3n) is 3.67. The fraction of sp³-hybridized carbons (Fsp3) is 1.00. The van der Waals surface area contributed by atoms with Gasteiger partial charge in [0, 0.05) is 19.2 Å². The molecule has 2 heteroatoms. The fourth-order valence-corrected chi connectivity index (χ4v) is 2.67. The van der Waals surface area contributed by atoms with Gasteiger partial charge in [-0.1, -0.05) is 25.7 Å². The number of nitrogens with one attached hydrogen (secondary N) is 1. The van der Waals surface area contributed by atoms with Crippen molar-refractivity contribution in [1.82, 2.24) is 5.32 Å². The first-order valence-electron chi connectivity index (χ1n) is 6.19. The zero-order valence-electron chi connectivity index (χ0n) is 9.30. The van der Waals surface area contributed by atoms with Crippen molar-refractivity contribution in [3.8, 4) is 0 Å². The topological polar surface area (TPSA) is 21.3 Å². The van der Waals surface area contributed by atoms with E-state index in [0.29, 0.717) is 12.1 Å². The molecule has 0 radical (unpaired) electrons. The van der Waals surface area contributed by atoms with Crippen LogP contribution < -0.4 is 5.32 Å². The molecule has 1 aliphatic heterocycles. The van der Waals surface area contributed by atoms with Crippen LogP contribution in [-0.2, 0) is 4.74 Å². The molecule has 1 saturated carbocycles. The highest BCUT2D eigenvalue weighted by molar-refractivity contribution is 4.76. The van der Waals surface area contributed by atoms with Gasteiger partial charge in [0.2, 0.25) is 0 Å². The summed E-state index contributed by atoms with van der Waals surface area (Å²) in [4.78, 5) is 0. The lowest BCUT2D eigenvalue weighted by molar-refractivity contribution is 0.0495. The largest absolute Gasteiger partial charge is 0.377 e. The Labute approximate surface area is 87.4 Å². The van der Waals surface area contributed by atoms with Crippen molar-refractivity contribution < 1.29 is 4.74 Å². The van der Waals surface area contributed by atoms with Crippen LogP contribution in [0.1, 0.15) is 45.4 Å². The number of hydrogen-bond acceptors (Lipinski definition) is 2. The average molecular weight is 197 g/mol. The highest BCUT2D eigenvalue weighted by Gasteiger charge is 2.22. The third kappa shape index (κ3) is 2.96. The van der Waals surface area contributed by atoms with E-state index in [2.05, 4.69) is 12.2 Å². The lowest BCUT2D eigenvalue weighted by Gasteiger charge is -2.19. The van der Waals surface area contributed by atoms with Crippen LogP contribution in [0, 0.1) is 5.92 Å². The molecular weight excluding hydrogens is 174 g/mol. The second-order valence-electron chi connectivity index (χ2n) is 4.98. The van der Waals surface area contributed by atoms with Gasteiger partial charge >= 0.3 is 0 Å². The van der Waals surface area contributed by atoms with Gasteiger partial charge in [-0.3, -0.25) is 0 Å². The van der Waals surface area contributed by atoms with Crippen LogP contribution in [0.5, 0.6) is 0 Å². The molecule has 1 N–H and O–H groups in total. The Kier molecular flexibility index (Phi) is 3.82. The molecule has 1 aliphatic carbocycles. The Morgan fingerprint density at radius 1 is 1.21 bits per heavy atom. The summed E-state index contributed by atoms with van der Waals surface area (Å²) in [7, 11) is 0. The van der Waals surface area contributed by atoms with Crippen molar-refractivity contribution in [2.45, 2.75) is 57.6 Å². The second kappa shape index (κ2) is 5.13. The summed E-state index contributed by atoms with van der Waals surface area (Å²) in [6.45, 7) is 4.27. The molecule has 0 bridgehead atoms. The quantitative estimate of drug-likeness (QED) is 0.733. The van der Waals surface area contributed by atoms with E-state index in [1.807, 2.05) is 0 Å². The van der Waals surface area contributed by atoms with Gasteiger partial charge in [0.05, 0.1) is 6.10 Å². The molecule has 2 atom stereocenters. The monoisotopic (exact) mass is 197 g/mol. The molecule has 1 heterocycles. The van der Waals surface area contributed by atoms with Crippen LogP contribution in [0.15, 0.2) is 0 Å². The Balaban J connectivity index is 1.73. The van der Waals surface area contributed by atoms with Gasteiger partial charge in [-0.25, -0.2) is 0 Å². The molecule has 1 saturated heterocycles. The van der Waals surface area contributed by atoms with Gasteiger partial charge in [0.15, 0.2) is 0 Å². The van der Waals surface area contributed by atoms with Crippen LogP contribution >= 0.6 is 0 Å². The van der Waals surface area contributed by atoms with Crippen molar-refractivity contribution in [3.05, 3.63) is 0 Å². The van der Waals surface area contributed by atoms with E-state index in [1.165, 1.54) is 38.5 Å².